The lowest BCUT2D eigenvalue weighted by molar-refractivity contribution is 0.0983. The van der Waals surface area contributed by atoms with E-state index in [1.54, 1.807) is 6.07 Å². The Morgan fingerprint density at radius 3 is 2.58 bits per heavy atom. The van der Waals surface area contributed by atoms with Crippen LogP contribution in [0.25, 0.3) is 0 Å². The standard InChI is InChI=1S/C15H11Cl2FO/c16-12-3-1-2-10(8-12)4-7-15(19)11-5-6-14(18)13(17)9-11/h1-3,5-6,8-9H,4,7H2. The molecule has 0 fully saturated rings. The SMILES string of the molecule is O=C(CCc1cccc(Cl)c1)c1ccc(F)c(Cl)c1. The van der Waals surface area contributed by atoms with E-state index in [-0.39, 0.29) is 10.8 Å². The van der Waals surface area contributed by atoms with Gasteiger partial charge in [0.2, 0.25) is 0 Å². The molecule has 0 aliphatic carbocycles. The summed E-state index contributed by atoms with van der Waals surface area (Å²) < 4.78 is 13.0. The van der Waals surface area contributed by atoms with E-state index in [4.69, 9.17) is 23.2 Å². The molecule has 0 N–H and O–H groups in total. The molecule has 2 rings (SSSR count). The van der Waals surface area contributed by atoms with Crippen molar-refractivity contribution in [3.63, 3.8) is 0 Å². The van der Waals surface area contributed by atoms with E-state index in [9.17, 15) is 9.18 Å². The summed E-state index contributed by atoms with van der Waals surface area (Å²) in [6.07, 6.45) is 0.927. The number of hydrogen-bond donors (Lipinski definition) is 0. The van der Waals surface area contributed by atoms with E-state index in [0.29, 0.717) is 23.4 Å². The maximum absolute atomic E-state index is 13.0. The van der Waals surface area contributed by atoms with Gasteiger partial charge in [0, 0.05) is 17.0 Å². The first-order chi connectivity index (χ1) is 9.06. The number of carbonyl (C=O) groups excluding carboxylic acids is 1. The Hall–Kier alpha value is -1.38. The van der Waals surface area contributed by atoms with Crippen molar-refractivity contribution in [2.24, 2.45) is 0 Å². The van der Waals surface area contributed by atoms with E-state index >= 15 is 0 Å². The molecule has 0 saturated heterocycles. The third-order valence-electron chi connectivity index (χ3n) is 2.77. The predicted octanol–water partition coefficient (Wildman–Crippen LogP) is 4.95. The average molecular weight is 297 g/mol. The van der Waals surface area contributed by atoms with E-state index in [0.717, 1.165) is 5.56 Å². The van der Waals surface area contributed by atoms with Crippen LogP contribution in [-0.4, -0.2) is 5.78 Å². The Balaban J connectivity index is 2.03. The summed E-state index contributed by atoms with van der Waals surface area (Å²) in [5.41, 5.74) is 1.42. The number of ketones is 1. The molecular formula is C15H11Cl2FO. The molecule has 0 heterocycles. The van der Waals surface area contributed by atoms with Gasteiger partial charge in [-0.25, -0.2) is 4.39 Å². The molecule has 0 aliphatic rings. The molecule has 4 heteroatoms. The van der Waals surface area contributed by atoms with Gasteiger partial charge in [0.25, 0.3) is 0 Å². The van der Waals surface area contributed by atoms with Crippen LogP contribution >= 0.6 is 23.2 Å². The number of carbonyl (C=O) groups is 1. The number of Topliss-reactive ketones (excluding diaryl/α,β-unsaturated/α-hetero) is 1. The Kier molecular flexibility index (Phi) is 4.56. The van der Waals surface area contributed by atoms with Crippen molar-refractivity contribution in [2.75, 3.05) is 0 Å². The lowest BCUT2D eigenvalue weighted by atomic mass is 10.0. The topological polar surface area (TPSA) is 17.1 Å². The lowest BCUT2D eigenvalue weighted by Crippen LogP contribution is -2.01. The Labute approximate surface area is 121 Å². The minimum absolute atomic E-state index is 0.0337. The van der Waals surface area contributed by atoms with Gasteiger partial charge in [-0.15, -0.1) is 0 Å². The predicted molar refractivity (Wildman–Crippen MR) is 75.5 cm³/mol. The van der Waals surface area contributed by atoms with Gasteiger partial charge in [-0.1, -0.05) is 35.3 Å². The molecule has 98 valence electrons. The van der Waals surface area contributed by atoms with Crippen LogP contribution in [-0.2, 0) is 6.42 Å². The number of hydrogen-bond acceptors (Lipinski definition) is 1. The molecule has 0 aromatic heterocycles. The first-order valence-electron chi connectivity index (χ1n) is 5.79. The fourth-order valence-corrected chi connectivity index (χ4v) is 2.16. The van der Waals surface area contributed by atoms with Crippen LogP contribution in [0.5, 0.6) is 0 Å². The normalized spacial score (nSPS) is 10.5. The Morgan fingerprint density at radius 2 is 1.89 bits per heavy atom. The molecule has 1 nitrogen and oxygen atoms in total. The fourth-order valence-electron chi connectivity index (χ4n) is 1.76. The van der Waals surface area contributed by atoms with Gasteiger partial charge in [-0.05, 0) is 42.3 Å². The van der Waals surface area contributed by atoms with Gasteiger partial charge in [0.05, 0.1) is 5.02 Å². The number of halogens is 3. The van der Waals surface area contributed by atoms with E-state index < -0.39 is 5.82 Å². The molecular weight excluding hydrogens is 286 g/mol. The average Bonchev–Trinajstić information content (AvgIpc) is 2.39. The number of rotatable bonds is 4. The van der Waals surface area contributed by atoms with Crippen LogP contribution in [0.2, 0.25) is 10.0 Å². The first-order valence-corrected chi connectivity index (χ1v) is 6.54. The van der Waals surface area contributed by atoms with E-state index in [1.807, 2.05) is 18.2 Å². The zero-order valence-electron chi connectivity index (χ0n) is 10.00. The summed E-state index contributed by atoms with van der Waals surface area (Å²) in [6, 6.07) is 11.4. The van der Waals surface area contributed by atoms with Crippen LogP contribution < -0.4 is 0 Å². The van der Waals surface area contributed by atoms with Crippen LogP contribution in [0.3, 0.4) is 0 Å². The second-order valence-corrected chi connectivity index (χ2v) is 5.03. The molecule has 0 atom stereocenters. The molecule has 0 spiro atoms. The molecule has 0 unspecified atom stereocenters. The van der Waals surface area contributed by atoms with Crippen molar-refractivity contribution in [1.82, 2.24) is 0 Å². The van der Waals surface area contributed by atoms with Gasteiger partial charge in [0.1, 0.15) is 5.82 Å². The third kappa shape index (κ3) is 3.79. The van der Waals surface area contributed by atoms with Crippen molar-refractivity contribution < 1.29 is 9.18 Å². The second kappa shape index (κ2) is 6.18. The largest absolute Gasteiger partial charge is 0.294 e. The molecule has 19 heavy (non-hydrogen) atoms. The monoisotopic (exact) mass is 296 g/mol. The summed E-state index contributed by atoms with van der Waals surface area (Å²) in [4.78, 5) is 12.0. The third-order valence-corrected chi connectivity index (χ3v) is 3.30. The maximum atomic E-state index is 13.0. The van der Waals surface area contributed by atoms with Crippen LogP contribution in [0.15, 0.2) is 42.5 Å². The zero-order valence-corrected chi connectivity index (χ0v) is 11.5. The smallest absolute Gasteiger partial charge is 0.163 e. The van der Waals surface area contributed by atoms with Crippen LogP contribution in [0, 0.1) is 5.82 Å². The Bertz CT molecular complexity index is 611. The van der Waals surface area contributed by atoms with Gasteiger partial charge in [-0.2, -0.15) is 0 Å². The van der Waals surface area contributed by atoms with Crippen molar-refractivity contribution in [1.29, 1.82) is 0 Å². The van der Waals surface area contributed by atoms with Crippen molar-refractivity contribution in [3.05, 3.63) is 69.5 Å². The number of benzene rings is 2. The summed E-state index contributed by atoms with van der Waals surface area (Å²) in [5, 5.41) is 0.614. The van der Waals surface area contributed by atoms with Gasteiger partial charge < -0.3 is 0 Å². The van der Waals surface area contributed by atoms with Crippen molar-refractivity contribution >= 4 is 29.0 Å². The highest BCUT2D eigenvalue weighted by Crippen LogP contribution is 2.18. The van der Waals surface area contributed by atoms with E-state index in [2.05, 4.69) is 0 Å². The molecule has 2 aromatic carbocycles. The highest BCUT2D eigenvalue weighted by molar-refractivity contribution is 6.31. The molecule has 0 amide bonds. The van der Waals surface area contributed by atoms with Gasteiger partial charge in [-0.3, -0.25) is 4.79 Å². The summed E-state index contributed by atoms with van der Waals surface area (Å²) in [5.74, 6) is -0.588. The number of aryl methyl sites for hydroxylation is 1. The maximum Gasteiger partial charge on any atom is 0.163 e. The molecule has 0 bridgehead atoms. The summed E-state index contributed by atoms with van der Waals surface area (Å²) in [6.45, 7) is 0. The minimum Gasteiger partial charge on any atom is -0.294 e. The van der Waals surface area contributed by atoms with Gasteiger partial charge >= 0.3 is 0 Å². The highest BCUT2D eigenvalue weighted by atomic mass is 35.5. The zero-order chi connectivity index (χ0) is 13.8. The molecule has 2 aromatic rings. The van der Waals surface area contributed by atoms with Gasteiger partial charge in [0.15, 0.2) is 5.78 Å². The quantitative estimate of drug-likeness (QED) is 0.730. The summed E-state index contributed by atoms with van der Waals surface area (Å²) >= 11 is 11.5. The fraction of sp³-hybridized carbons (Fsp3) is 0.133. The van der Waals surface area contributed by atoms with E-state index in [1.165, 1.54) is 18.2 Å². The van der Waals surface area contributed by atoms with Crippen molar-refractivity contribution in [2.45, 2.75) is 12.8 Å². The molecule has 0 radical (unpaired) electrons. The summed E-state index contributed by atoms with van der Waals surface area (Å²) in [7, 11) is 0. The Morgan fingerprint density at radius 1 is 1.11 bits per heavy atom. The second-order valence-electron chi connectivity index (χ2n) is 4.18. The molecule has 0 aliphatic heterocycles. The van der Waals surface area contributed by atoms with Crippen LogP contribution in [0.1, 0.15) is 22.3 Å². The lowest BCUT2D eigenvalue weighted by Gasteiger charge is -2.03. The van der Waals surface area contributed by atoms with Crippen LogP contribution in [0.4, 0.5) is 4.39 Å². The highest BCUT2D eigenvalue weighted by Gasteiger charge is 2.09. The first kappa shape index (κ1) is 14.0. The van der Waals surface area contributed by atoms with Crippen molar-refractivity contribution in [3.8, 4) is 0 Å². The minimum atomic E-state index is -0.520. The molecule has 0 saturated carbocycles.